The van der Waals surface area contributed by atoms with Crippen molar-refractivity contribution in [1.29, 1.82) is 0 Å². The number of amides is 7. The summed E-state index contributed by atoms with van der Waals surface area (Å²) in [5, 5.41) is 11.0. The monoisotopic (exact) mass is 787 g/mol. The molecular weight excluding hydrogens is 734 g/mol. The number of carbonyl (C=O) groups is 7. The second-order valence-electron chi connectivity index (χ2n) is 15.5. The summed E-state index contributed by atoms with van der Waals surface area (Å²) in [7, 11) is 1.53. The molecule has 2 aromatic rings. The molecule has 4 heterocycles. The minimum atomic E-state index is -1.48. The third-order valence-electron chi connectivity index (χ3n) is 11.3. The molecule has 16 heteroatoms. The first kappa shape index (κ1) is 41.0. The molecule has 6 rings (SSSR count). The van der Waals surface area contributed by atoms with Crippen LogP contribution in [0.3, 0.4) is 0 Å². The van der Waals surface area contributed by atoms with Crippen LogP contribution in [-0.2, 0) is 39.9 Å². The van der Waals surface area contributed by atoms with Gasteiger partial charge in [0.1, 0.15) is 48.1 Å². The molecule has 0 spiro atoms. The largest absolute Gasteiger partial charge is 0.497 e. The number of piperidine rings is 1. The van der Waals surface area contributed by atoms with E-state index in [2.05, 4.69) is 21.3 Å². The van der Waals surface area contributed by atoms with Crippen LogP contribution in [0.5, 0.6) is 5.75 Å². The number of anilines is 1. The second kappa shape index (κ2) is 18.1. The van der Waals surface area contributed by atoms with Crippen molar-refractivity contribution in [3.05, 3.63) is 60.2 Å². The van der Waals surface area contributed by atoms with Crippen LogP contribution in [0.25, 0.3) is 0 Å². The Morgan fingerprint density at radius 2 is 1.51 bits per heavy atom. The molecule has 0 saturated carbocycles. The van der Waals surface area contributed by atoms with Gasteiger partial charge in [-0.25, -0.2) is 9.59 Å². The maximum absolute atomic E-state index is 14.7. The lowest BCUT2D eigenvalue weighted by Gasteiger charge is -2.39. The van der Waals surface area contributed by atoms with E-state index in [9.17, 15) is 33.6 Å². The predicted molar refractivity (Wildman–Crippen MR) is 208 cm³/mol. The third kappa shape index (κ3) is 9.48. The topological polar surface area (TPSA) is 196 Å². The van der Waals surface area contributed by atoms with Gasteiger partial charge in [-0.3, -0.25) is 24.0 Å². The Bertz CT molecular complexity index is 1830. The molecule has 57 heavy (non-hydrogen) atoms. The standard InChI is InChI=1S/C41H53N7O9/c1-24-21-33-40(54)57-26(3)34(45-35(49)30(22-27-11-6-5-7-12-27)44-41(55)43-28-15-17-29(56-4)18-16-28)39(53)47-20-10-14-32(47)38(52)46-19-9-8-13-31(46)36(50)42-25(2)37(51)48(33)23-24/h5-7,11-12,15-18,24-26,30-34H,8-10,13-14,19-23H2,1-4H3,(H,42,50)(H,45,49)(H2,43,44,55)/t24-,25+,26+,30+,31+,32+,33+,34+/m1/s1. The summed E-state index contributed by atoms with van der Waals surface area (Å²) in [4.78, 5) is 102. The van der Waals surface area contributed by atoms with Gasteiger partial charge in [0.05, 0.1) is 7.11 Å². The number of nitrogens with one attached hydrogen (secondary N) is 4. The van der Waals surface area contributed by atoms with Crippen LogP contribution in [-0.4, -0.2) is 125 Å². The van der Waals surface area contributed by atoms with Crippen molar-refractivity contribution in [2.45, 2.75) is 108 Å². The van der Waals surface area contributed by atoms with Gasteiger partial charge in [-0.2, -0.15) is 0 Å². The van der Waals surface area contributed by atoms with Crippen molar-refractivity contribution in [3.8, 4) is 5.75 Å². The minimum Gasteiger partial charge on any atom is -0.497 e. The molecule has 306 valence electrons. The summed E-state index contributed by atoms with van der Waals surface area (Å²) in [6.45, 7) is 5.71. The van der Waals surface area contributed by atoms with Gasteiger partial charge in [0.25, 0.3) is 0 Å². The molecule has 4 N–H and O–H groups in total. The fourth-order valence-corrected chi connectivity index (χ4v) is 8.28. The lowest BCUT2D eigenvalue weighted by molar-refractivity contribution is -0.163. The van der Waals surface area contributed by atoms with E-state index < -0.39 is 83.9 Å². The van der Waals surface area contributed by atoms with Crippen molar-refractivity contribution in [2.75, 3.05) is 32.1 Å². The van der Waals surface area contributed by atoms with E-state index in [-0.39, 0.29) is 25.4 Å². The molecule has 0 aliphatic carbocycles. The zero-order chi connectivity index (χ0) is 40.8. The fraction of sp³-hybridized carbons (Fsp3) is 0.537. The Kier molecular flexibility index (Phi) is 13.0. The van der Waals surface area contributed by atoms with E-state index in [0.717, 1.165) is 5.56 Å². The number of hydrogen-bond acceptors (Lipinski definition) is 9. The Hall–Kier alpha value is -5.67. The van der Waals surface area contributed by atoms with Crippen molar-refractivity contribution >= 4 is 47.2 Å². The average molecular weight is 788 g/mol. The highest BCUT2D eigenvalue weighted by molar-refractivity contribution is 5.98. The lowest BCUT2D eigenvalue weighted by atomic mass is 9.99. The zero-order valence-corrected chi connectivity index (χ0v) is 32.9. The number of benzene rings is 2. The normalized spacial score (nSPS) is 27.7. The molecule has 0 unspecified atom stereocenters. The van der Waals surface area contributed by atoms with E-state index in [1.807, 2.05) is 13.0 Å². The summed E-state index contributed by atoms with van der Waals surface area (Å²) in [5.41, 5.74) is 1.17. The molecule has 8 atom stereocenters. The molecule has 7 amide bonds. The van der Waals surface area contributed by atoms with E-state index in [4.69, 9.17) is 9.47 Å². The number of methoxy groups -OCH3 is 1. The highest BCUT2D eigenvalue weighted by Gasteiger charge is 2.47. The number of nitrogens with zero attached hydrogens (tertiary/aromatic N) is 3. The number of urea groups is 1. The molecule has 4 aliphatic rings. The minimum absolute atomic E-state index is 0.0518. The lowest BCUT2D eigenvalue weighted by Crippen LogP contribution is -2.63. The molecule has 4 aliphatic heterocycles. The van der Waals surface area contributed by atoms with Crippen LogP contribution in [0.15, 0.2) is 54.6 Å². The quantitative estimate of drug-likeness (QED) is 0.304. The molecule has 4 fully saturated rings. The predicted octanol–water partition coefficient (Wildman–Crippen LogP) is 1.97. The van der Waals surface area contributed by atoms with Crippen LogP contribution in [0.4, 0.5) is 10.5 Å². The van der Waals surface area contributed by atoms with E-state index >= 15 is 0 Å². The first-order chi connectivity index (χ1) is 27.3. The Morgan fingerprint density at radius 3 is 2.23 bits per heavy atom. The Balaban J connectivity index is 1.31. The van der Waals surface area contributed by atoms with Crippen LogP contribution < -0.4 is 26.0 Å². The highest BCUT2D eigenvalue weighted by atomic mass is 16.5. The first-order valence-corrected chi connectivity index (χ1v) is 19.8. The summed E-state index contributed by atoms with van der Waals surface area (Å²) in [6, 6.07) is 8.57. The van der Waals surface area contributed by atoms with Crippen LogP contribution in [0.1, 0.15) is 64.9 Å². The molecule has 2 aromatic carbocycles. The van der Waals surface area contributed by atoms with Gasteiger partial charge in [0.15, 0.2) is 0 Å². The van der Waals surface area contributed by atoms with Gasteiger partial charge in [-0.15, -0.1) is 0 Å². The van der Waals surface area contributed by atoms with Crippen LogP contribution >= 0.6 is 0 Å². The number of hydrogen-bond donors (Lipinski definition) is 4. The second-order valence-corrected chi connectivity index (χ2v) is 15.5. The smallest absolute Gasteiger partial charge is 0.329 e. The number of rotatable bonds is 7. The SMILES string of the molecule is COc1ccc(NC(=O)N[C@@H](Cc2ccccc2)C(=O)N[C@@H]2C(=O)N3CCC[C@H]3C(=O)N3CCCC[C@H]3C(=O)N[C@@H](C)C(=O)N3C[C@H](C)C[C@H]3C(=O)O[C@H]2C)cc1. The average Bonchev–Trinajstić information content (AvgIpc) is 3.86. The van der Waals surface area contributed by atoms with Crippen molar-refractivity contribution < 1.29 is 43.0 Å². The number of ether oxygens (including phenoxy) is 2. The highest BCUT2D eigenvalue weighted by Crippen LogP contribution is 2.29. The van der Waals surface area contributed by atoms with E-state index in [1.54, 1.807) is 55.5 Å². The van der Waals surface area contributed by atoms with Gasteiger partial charge in [-0.05, 0) is 88.1 Å². The van der Waals surface area contributed by atoms with Gasteiger partial charge < -0.3 is 45.4 Å². The maximum Gasteiger partial charge on any atom is 0.329 e. The summed E-state index contributed by atoms with van der Waals surface area (Å²) >= 11 is 0. The Labute approximate surface area is 332 Å². The van der Waals surface area contributed by atoms with E-state index in [0.29, 0.717) is 56.5 Å². The van der Waals surface area contributed by atoms with Gasteiger partial charge in [-0.1, -0.05) is 37.3 Å². The third-order valence-corrected chi connectivity index (χ3v) is 11.3. The molecule has 0 radical (unpaired) electrons. The fourth-order valence-electron chi connectivity index (χ4n) is 8.28. The maximum atomic E-state index is 14.7. The van der Waals surface area contributed by atoms with Gasteiger partial charge >= 0.3 is 12.0 Å². The van der Waals surface area contributed by atoms with Crippen LogP contribution in [0, 0.1) is 5.92 Å². The molecule has 0 bridgehead atoms. The van der Waals surface area contributed by atoms with Crippen LogP contribution in [0.2, 0.25) is 0 Å². The van der Waals surface area contributed by atoms with Crippen molar-refractivity contribution in [1.82, 2.24) is 30.7 Å². The van der Waals surface area contributed by atoms with Gasteiger partial charge in [0, 0.05) is 31.7 Å². The number of cyclic esters (lactones) is 1. The molecular formula is C41H53N7O9. The molecule has 0 aromatic heterocycles. The number of esters is 1. The molecule has 16 nitrogen and oxygen atoms in total. The van der Waals surface area contributed by atoms with E-state index in [1.165, 1.54) is 28.7 Å². The van der Waals surface area contributed by atoms with Crippen molar-refractivity contribution in [3.63, 3.8) is 0 Å². The van der Waals surface area contributed by atoms with Gasteiger partial charge in [0.2, 0.25) is 29.5 Å². The Morgan fingerprint density at radius 1 is 0.825 bits per heavy atom. The summed E-state index contributed by atoms with van der Waals surface area (Å²) in [5.74, 6) is -2.93. The summed E-state index contributed by atoms with van der Waals surface area (Å²) < 4.78 is 11.1. The first-order valence-electron chi connectivity index (χ1n) is 19.8. The summed E-state index contributed by atoms with van der Waals surface area (Å²) in [6.07, 6.45) is 1.69. The number of fused-ring (bicyclic) bond motifs is 3. The molecule has 4 saturated heterocycles. The number of carbonyl (C=O) groups excluding carboxylic acids is 7. The van der Waals surface area contributed by atoms with Crippen molar-refractivity contribution in [2.24, 2.45) is 5.92 Å². The zero-order valence-electron chi connectivity index (χ0n) is 32.9.